The maximum Gasteiger partial charge on any atom is 0.0291 e. The first-order valence-electron chi connectivity index (χ1n) is 6.48. The van der Waals surface area contributed by atoms with Gasteiger partial charge in [0.1, 0.15) is 0 Å². The average molecular weight is 298 g/mol. The van der Waals surface area contributed by atoms with Crippen molar-refractivity contribution in [3.63, 3.8) is 0 Å². The van der Waals surface area contributed by atoms with Gasteiger partial charge in [-0.3, -0.25) is 0 Å². The van der Waals surface area contributed by atoms with Crippen molar-refractivity contribution < 1.29 is 0 Å². The highest BCUT2D eigenvalue weighted by Gasteiger charge is 2.08. The van der Waals surface area contributed by atoms with Crippen LogP contribution >= 0.6 is 15.9 Å². The van der Waals surface area contributed by atoms with Gasteiger partial charge in [-0.1, -0.05) is 48.8 Å². The van der Waals surface area contributed by atoms with Crippen LogP contribution in [0.4, 0.5) is 0 Å². The quantitative estimate of drug-likeness (QED) is 0.797. The summed E-state index contributed by atoms with van der Waals surface area (Å²) in [5.41, 5.74) is 1.35. The zero-order chi connectivity index (χ0) is 12.8. The molecule has 0 heterocycles. The summed E-state index contributed by atoms with van der Waals surface area (Å²) in [5.74, 6) is 1.53. The zero-order valence-corrected chi connectivity index (χ0v) is 12.9. The smallest absolute Gasteiger partial charge is 0.0291 e. The number of nitrogens with one attached hydrogen (secondary N) is 1. The van der Waals surface area contributed by atoms with Gasteiger partial charge in [0.05, 0.1) is 0 Å². The van der Waals surface area contributed by atoms with Gasteiger partial charge >= 0.3 is 0 Å². The molecule has 0 spiro atoms. The van der Waals surface area contributed by atoms with Crippen LogP contribution in [0, 0.1) is 11.8 Å². The number of benzene rings is 1. The molecule has 2 atom stereocenters. The molecule has 0 radical (unpaired) electrons. The second kappa shape index (κ2) is 7.17. The predicted molar refractivity (Wildman–Crippen MR) is 79.2 cm³/mol. The number of halogens is 1. The van der Waals surface area contributed by atoms with Crippen molar-refractivity contribution in [3.8, 4) is 0 Å². The average Bonchev–Trinajstić information content (AvgIpc) is 2.26. The fourth-order valence-electron chi connectivity index (χ4n) is 2.14. The molecule has 0 fully saturated rings. The third kappa shape index (κ3) is 5.69. The van der Waals surface area contributed by atoms with Crippen LogP contribution in [0.25, 0.3) is 0 Å². The van der Waals surface area contributed by atoms with Crippen LogP contribution in [-0.4, -0.2) is 6.54 Å². The minimum atomic E-state index is 0.428. The van der Waals surface area contributed by atoms with Crippen LogP contribution in [0.5, 0.6) is 0 Å². The highest BCUT2D eigenvalue weighted by atomic mass is 79.9. The van der Waals surface area contributed by atoms with E-state index in [4.69, 9.17) is 0 Å². The third-order valence-corrected chi connectivity index (χ3v) is 3.54. The lowest BCUT2D eigenvalue weighted by atomic mass is 9.98. The first kappa shape index (κ1) is 14.7. The minimum absolute atomic E-state index is 0.428. The summed E-state index contributed by atoms with van der Waals surface area (Å²) in [6.45, 7) is 10.2. The second-order valence-electron chi connectivity index (χ2n) is 5.42. The molecule has 1 aromatic rings. The Morgan fingerprint density at radius 1 is 1.06 bits per heavy atom. The first-order chi connectivity index (χ1) is 7.99. The van der Waals surface area contributed by atoms with Crippen molar-refractivity contribution in [2.45, 2.75) is 40.2 Å². The van der Waals surface area contributed by atoms with E-state index in [9.17, 15) is 0 Å². The molecular formula is C15H24BrN. The molecule has 96 valence electrons. The van der Waals surface area contributed by atoms with Gasteiger partial charge in [0, 0.05) is 10.5 Å². The van der Waals surface area contributed by atoms with Gasteiger partial charge < -0.3 is 5.32 Å². The van der Waals surface area contributed by atoms with Gasteiger partial charge in [-0.2, -0.15) is 0 Å². The molecule has 0 amide bonds. The lowest BCUT2D eigenvalue weighted by Crippen LogP contribution is -2.25. The molecule has 1 unspecified atom stereocenters. The fraction of sp³-hybridized carbons (Fsp3) is 0.600. The molecule has 1 nitrogen and oxygen atoms in total. The Labute approximate surface area is 114 Å². The summed E-state index contributed by atoms with van der Waals surface area (Å²) < 4.78 is 1.14. The SMILES string of the molecule is CC(C)CC(C)CN[C@H](C)c1ccc(Br)cc1. The maximum absolute atomic E-state index is 3.61. The Balaban J connectivity index is 2.39. The summed E-state index contributed by atoms with van der Waals surface area (Å²) in [7, 11) is 0. The van der Waals surface area contributed by atoms with Crippen molar-refractivity contribution in [2.75, 3.05) is 6.54 Å². The molecule has 1 rings (SSSR count). The van der Waals surface area contributed by atoms with Crippen molar-refractivity contribution in [1.29, 1.82) is 0 Å². The lowest BCUT2D eigenvalue weighted by molar-refractivity contribution is 0.396. The van der Waals surface area contributed by atoms with Crippen molar-refractivity contribution in [1.82, 2.24) is 5.32 Å². The topological polar surface area (TPSA) is 12.0 Å². The summed E-state index contributed by atoms with van der Waals surface area (Å²) in [4.78, 5) is 0. The fourth-order valence-corrected chi connectivity index (χ4v) is 2.40. The van der Waals surface area contributed by atoms with Gasteiger partial charge in [0.25, 0.3) is 0 Å². The summed E-state index contributed by atoms with van der Waals surface area (Å²) in [6.07, 6.45) is 1.29. The largest absolute Gasteiger partial charge is 0.310 e. The van der Waals surface area contributed by atoms with Gasteiger partial charge in [0.15, 0.2) is 0 Å². The summed E-state index contributed by atoms with van der Waals surface area (Å²) >= 11 is 3.46. The number of hydrogen-bond acceptors (Lipinski definition) is 1. The van der Waals surface area contributed by atoms with Crippen LogP contribution in [0.1, 0.15) is 45.7 Å². The monoisotopic (exact) mass is 297 g/mol. The van der Waals surface area contributed by atoms with E-state index in [0.29, 0.717) is 6.04 Å². The van der Waals surface area contributed by atoms with E-state index in [1.165, 1.54) is 12.0 Å². The highest BCUT2D eigenvalue weighted by Crippen LogP contribution is 2.17. The van der Waals surface area contributed by atoms with Gasteiger partial charge in [0.2, 0.25) is 0 Å². The van der Waals surface area contributed by atoms with E-state index in [1.807, 2.05) is 0 Å². The molecule has 0 aliphatic heterocycles. The van der Waals surface area contributed by atoms with Crippen molar-refractivity contribution in [3.05, 3.63) is 34.3 Å². The van der Waals surface area contributed by atoms with Gasteiger partial charge in [-0.25, -0.2) is 0 Å². The molecule has 0 aliphatic carbocycles. The maximum atomic E-state index is 3.61. The van der Waals surface area contributed by atoms with Gasteiger partial charge in [-0.05, 0) is 49.4 Å². The Morgan fingerprint density at radius 2 is 1.65 bits per heavy atom. The van der Waals surface area contributed by atoms with Gasteiger partial charge in [-0.15, -0.1) is 0 Å². The Bertz CT molecular complexity index is 318. The van der Waals surface area contributed by atoms with Crippen LogP contribution in [0.2, 0.25) is 0 Å². The Hall–Kier alpha value is -0.340. The number of hydrogen-bond donors (Lipinski definition) is 1. The third-order valence-electron chi connectivity index (χ3n) is 3.02. The highest BCUT2D eigenvalue weighted by molar-refractivity contribution is 9.10. The van der Waals surface area contributed by atoms with Crippen LogP contribution in [0.15, 0.2) is 28.7 Å². The molecule has 0 saturated heterocycles. The van der Waals surface area contributed by atoms with E-state index in [1.54, 1.807) is 0 Å². The van der Waals surface area contributed by atoms with E-state index in [0.717, 1.165) is 22.9 Å². The van der Waals surface area contributed by atoms with Crippen LogP contribution in [0.3, 0.4) is 0 Å². The Morgan fingerprint density at radius 3 is 2.18 bits per heavy atom. The molecule has 0 saturated carbocycles. The molecule has 1 N–H and O–H groups in total. The molecule has 0 aliphatic rings. The van der Waals surface area contributed by atoms with Crippen LogP contribution in [-0.2, 0) is 0 Å². The molecular weight excluding hydrogens is 274 g/mol. The molecule has 0 aromatic heterocycles. The second-order valence-corrected chi connectivity index (χ2v) is 6.33. The summed E-state index contributed by atoms with van der Waals surface area (Å²) in [6, 6.07) is 8.98. The van der Waals surface area contributed by atoms with Crippen molar-refractivity contribution >= 4 is 15.9 Å². The van der Waals surface area contributed by atoms with Crippen LogP contribution < -0.4 is 5.32 Å². The summed E-state index contributed by atoms with van der Waals surface area (Å²) in [5, 5.41) is 3.61. The standard InChI is InChI=1S/C15H24BrN/c1-11(2)9-12(3)10-17-13(4)14-5-7-15(16)8-6-14/h5-8,11-13,17H,9-10H2,1-4H3/t12?,13-/m1/s1. The van der Waals surface area contributed by atoms with Crippen molar-refractivity contribution in [2.24, 2.45) is 11.8 Å². The normalized spacial score (nSPS) is 14.9. The zero-order valence-electron chi connectivity index (χ0n) is 11.3. The van der Waals surface area contributed by atoms with E-state index in [-0.39, 0.29) is 0 Å². The van der Waals surface area contributed by atoms with E-state index < -0.39 is 0 Å². The first-order valence-corrected chi connectivity index (χ1v) is 7.27. The van der Waals surface area contributed by atoms with E-state index in [2.05, 4.69) is 73.2 Å². The molecule has 17 heavy (non-hydrogen) atoms. The van der Waals surface area contributed by atoms with E-state index >= 15 is 0 Å². The molecule has 0 bridgehead atoms. The Kier molecular flexibility index (Phi) is 6.21. The predicted octanol–water partition coefficient (Wildman–Crippen LogP) is 4.78. The lowest BCUT2D eigenvalue weighted by Gasteiger charge is -2.19. The minimum Gasteiger partial charge on any atom is -0.310 e. The molecule has 1 aromatic carbocycles. The number of rotatable bonds is 6. The molecule has 2 heteroatoms.